The molecule has 0 atom stereocenters. The van der Waals surface area contributed by atoms with Gasteiger partial charge >= 0.3 is 0 Å². The fraction of sp³-hybridized carbons (Fsp3) is 0.333. The van der Waals surface area contributed by atoms with E-state index in [4.69, 9.17) is 11.0 Å². The van der Waals surface area contributed by atoms with Crippen LogP contribution in [0.15, 0.2) is 16.6 Å². The van der Waals surface area contributed by atoms with Gasteiger partial charge in [-0.3, -0.25) is 4.79 Å². The molecule has 0 spiro atoms. The van der Waals surface area contributed by atoms with Crippen molar-refractivity contribution in [2.45, 2.75) is 13.3 Å². The highest BCUT2D eigenvalue weighted by atomic mass is 79.9. The monoisotopic (exact) mass is 313 g/mol. The Morgan fingerprint density at radius 2 is 2.28 bits per heavy atom. The van der Waals surface area contributed by atoms with E-state index in [-0.39, 0.29) is 18.0 Å². The molecule has 0 unspecified atom stereocenters. The summed E-state index contributed by atoms with van der Waals surface area (Å²) in [7, 11) is 0. The highest BCUT2D eigenvalue weighted by Crippen LogP contribution is 2.24. The first-order chi connectivity index (χ1) is 8.51. The Labute approximate surface area is 113 Å². The summed E-state index contributed by atoms with van der Waals surface area (Å²) in [6.45, 7) is 2.63. The van der Waals surface area contributed by atoms with Gasteiger partial charge in [-0.25, -0.2) is 4.39 Å². The molecule has 1 rings (SSSR count). The molecule has 0 heterocycles. The lowest BCUT2D eigenvalue weighted by molar-refractivity contribution is 0.0767. The first kappa shape index (κ1) is 14.5. The van der Waals surface area contributed by atoms with Gasteiger partial charge in [0.05, 0.1) is 23.7 Å². The maximum Gasteiger partial charge on any atom is 0.255 e. The predicted octanol–water partition coefficient (Wildman–Crippen LogP) is 2.55. The molecule has 96 valence electrons. The molecular formula is C12H13BrFN3O. The van der Waals surface area contributed by atoms with E-state index >= 15 is 0 Å². The van der Waals surface area contributed by atoms with Crippen molar-refractivity contribution in [2.75, 3.05) is 18.8 Å². The van der Waals surface area contributed by atoms with Gasteiger partial charge in [-0.15, -0.1) is 0 Å². The molecule has 0 aliphatic heterocycles. The van der Waals surface area contributed by atoms with Gasteiger partial charge in [0.25, 0.3) is 5.91 Å². The summed E-state index contributed by atoms with van der Waals surface area (Å²) in [4.78, 5) is 13.7. The number of anilines is 1. The van der Waals surface area contributed by atoms with E-state index < -0.39 is 5.82 Å². The molecule has 0 radical (unpaired) electrons. The Bertz CT molecular complexity index is 499. The number of hydrogen-bond donors (Lipinski definition) is 1. The van der Waals surface area contributed by atoms with Crippen LogP contribution < -0.4 is 5.73 Å². The highest BCUT2D eigenvalue weighted by molar-refractivity contribution is 9.10. The van der Waals surface area contributed by atoms with Crippen molar-refractivity contribution in [3.05, 3.63) is 28.0 Å². The van der Waals surface area contributed by atoms with Crippen LogP contribution in [0.1, 0.15) is 23.7 Å². The molecule has 2 N–H and O–H groups in total. The van der Waals surface area contributed by atoms with Crippen LogP contribution in [0.5, 0.6) is 0 Å². The molecule has 0 saturated carbocycles. The lowest BCUT2D eigenvalue weighted by atomic mass is 10.1. The summed E-state index contributed by atoms with van der Waals surface area (Å²) in [5.74, 6) is -0.843. The summed E-state index contributed by atoms with van der Waals surface area (Å²) < 4.78 is 13.5. The van der Waals surface area contributed by atoms with E-state index in [1.54, 1.807) is 0 Å². The van der Waals surface area contributed by atoms with Crippen LogP contribution in [0.25, 0.3) is 0 Å². The molecule has 1 aromatic rings. The van der Waals surface area contributed by atoms with Crippen LogP contribution in [-0.4, -0.2) is 23.9 Å². The van der Waals surface area contributed by atoms with Crippen LogP contribution in [0, 0.1) is 17.1 Å². The molecule has 0 aliphatic rings. The van der Waals surface area contributed by atoms with Gasteiger partial charge in [-0.2, -0.15) is 5.26 Å². The standard InChI is InChI=1S/C12H13BrFN3O/c1-2-17(5-3-4-15)12(18)8-6-11(16)10(14)7-9(8)13/h6-7H,2-3,5,16H2,1H3. The van der Waals surface area contributed by atoms with Crippen molar-refractivity contribution in [3.8, 4) is 6.07 Å². The molecule has 0 aliphatic carbocycles. The number of halogens is 2. The number of carbonyl (C=O) groups excluding carboxylic acids is 1. The molecule has 4 nitrogen and oxygen atoms in total. The maximum atomic E-state index is 13.2. The minimum atomic E-state index is -0.571. The number of nitrogens with two attached hydrogens (primary N) is 1. The topological polar surface area (TPSA) is 70.1 Å². The molecular weight excluding hydrogens is 301 g/mol. The molecule has 18 heavy (non-hydrogen) atoms. The fourth-order valence-corrected chi connectivity index (χ4v) is 1.97. The first-order valence-electron chi connectivity index (χ1n) is 5.42. The minimum absolute atomic E-state index is 0.0714. The summed E-state index contributed by atoms with van der Waals surface area (Å²) in [6.07, 6.45) is 0.258. The van der Waals surface area contributed by atoms with Crippen LogP contribution in [0.4, 0.5) is 10.1 Å². The summed E-state index contributed by atoms with van der Waals surface area (Å²) >= 11 is 3.14. The normalized spacial score (nSPS) is 9.89. The second kappa shape index (κ2) is 6.36. The number of nitrogen functional groups attached to an aromatic ring is 1. The minimum Gasteiger partial charge on any atom is -0.396 e. The van der Waals surface area contributed by atoms with E-state index in [1.165, 1.54) is 17.0 Å². The lowest BCUT2D eigenvalue weighted by Gasteiger charge is -2.20. The van der Waals surface area contributed by atoms with Crippen molar-refractivity contribution < 1.29 is 9.18 Å². The van der Waals surface area contributed by atoms with Gasteiger partial charge in [0.15, 0.2) is 0 Å². The number of amides is 1. The quantitative estimate of drug-likeness (QED) is 0.868. The molecule has 6 heteroatoms. The number of rotatable bonds is 4. The Kier molecular flexibility index (Phi) is 5.10. The zero-order valence-electron chi connectivity index (χ0n) is 9.91. The van der Waals surface area contributed by atoms with Crippen molar-refractivity contribution in [2.24, 2.45) is 0 Å². The third-order valence-corrected chi connectivity index (χ3v) is 3.14. The van der Waals surface area contributed by atoms with Crippen LogP contribution >= 0.6 is 15.9 Å². The average Bonchev–Trinajstić information content (AvgIpc) is 2.34. The van der Waals surface area contributed by atoms with Crippen molar-refractivity contribution >= 4 is 27.5 Å². The maximum absolute atomic E-state index is 13.2. The number of carbonyl (C=O) groups is 1. The second-order valence-electron chi connectivity index (χ2n) is 3.65. The third kappa shape index (κ3) is 3.20. The molecule has 0 aromatic heterocycles. The van der Waals surface area contributed by atoms with Gasteiger partial charge in [-0.1, -0.05) is 0 Å². The molecule has 0 saturated heterocycles. The molecule has 1 aromatic carbocycles. The van der Waals surface area contributed by atoms with Gasteiger partial charge in [0, 0.05) is 17.6 Å². The Balaban J connectivity index is 3.02. The van der Waals surface area contributed by atoms with E-state index in [0.717, 1.165) is 0 Å². The number of benzene rings is 1. The zero-order chi connectivity index (χ0) is 13.7. The van der Waals surface area contributed by atoms with Gasteiger partial charge < -0.3 is 10.6 Å². The highest BCUT2D eigenvalue weighted by Gasteiger charge is 2.18. The van der Waals surface area contributed by atoms with Crippen molar-refractivity contribution in [3.63, 3.8) is 0 Å². The number of nitriles is 1. The molecule has 0 fully saturated rings. The largest absolute Gasteiger partial charge is 0.396 e. The smallest absolute Gasteiger partial charge is 0.255 e. The van der Waals surface area contributed by atoms with Gasteiger partial charge in [0.2, 0.25) is 0 Å². The number of nitrogens with zero attached hydrogens (tertiary/aromatic N) is 2. The zero-order valence-corrected chi connectivity index (χ0v) is 11.5. The van der Waals surface area contributed by atoms with E-state index in [1.807, 2.05) is 13.0 Å². The first-order valence-corrected chi connectivity index (χ1v) is 6.21. The number of hydrogen-bond acceptors (Lipinski definition) is 3. The van der Waals surface area contributed by atoms with Crippen LogP contribution in [-0.2, 0) is 0 Å². The van der Waals surface area contributed by atoms with Gasteiger partial charge in [-0.05, 0) is 35.0 Å². The Hall–Kier alpha value is -1.61. The van der Waals surface area contributed by atoms with Gasteiger partial charge in [0.1, 0.15) is 5.82 Å². The van der Waals surface area contributed by atoms with E-state index in [0.29, 0.717) is 23.1 Å². The van der Waals surface area contributed by atoms with Crippen LogP contribution in [0.2, 0.25) is 0 Å². The van der Waals surface area contributed by atoms with Crippen LogP contribution in [0.3, 0.4) is 0 Å². The van der Waals surface area contributed by atoms with E-state index in [9.17, 15) is 9.18 Å². The fourth-order valence-electron chi connectivity index (χ4n) is 1.49. The Morgan fingerprint density at radius 1 is 1.61 bits per heavy atom. The lowest BCUT2D eigenvalue weighted by Crippen LogP contribution is -2.32. The van der Waals surface area contributed by atoms with Crippen molar-refractivity contribution in [1.29, 1.82) is 5.26 Å². The summed E-state index contributed by atoms with van der Waals surface area (Å²) in [6, 6.07) is 4.45. The third-order valence-electron chi connectivity index (χ3n) is 2.48. The summed E-state index contributed by atoms with van der Waals surface area (Å²) in [5.41, 5.74) is 5.68. The predicted molar refractivity (Wildman–Crippen MR) is 70.3 cm³/mol. The SMILES string of the molecule is CCN(CCC#N)C(=O)c1cc(N)c(F)cc1Br. The Morgan fingerprint density at radius 3 is 2.83 bits per heavy atom. The molecule has 0 bridgehead atoms. The van der Waals surface area contributed by atoms with E-state index in [2.05, 4.69) is 15.9 Å². The van der Waals surface area contributed by atoms with Crippen molar-refractivity contribution in [1.82, 2.24) is 4.90 Å². The summed E-state index contributed by atoms with van der Waals surface area (Å²) in [5, 5.41) is 8.53. The second-order valence-corrected chi connectivity index (χ2v) is 4.50. The average molecular weight is 314 g/mol. The molecule has 1 amide bonds.